The molecule has 2 aliphatic heterocycles. The zero-order valence-corrected chi connectivity index (χ0v) is 14.0. The molecule has 1 fully saturated rings. The van der Waals surface area contributed by atoms with Crippen LogP contribution in [0.3, 0.4) is 0 Å². The molecule has 126 valence electrons. The molecule has 1 atom stereocenters. The molecule has 3 amide bonds. The van der Waals surface area contributed by atoms with Gasteiger partial charge in [0.2, 0.25) is 10.8 Å². The number of carbonyl (C=O) groups excluding carboxylic acids is 3. The van der Waals surface area contributed by atoms with Gasteiger partial charge in [-0.25, -0.2) is 5.01 Å². The topological polar surface area (TPSA) is 78.5 Å². The molecule has 2 aliphatic rings. The van der Waals surface area contributed by atoms with E-state index >= 15 is 0 Å². The number of rotatable bonds is 3. The van der Waals surface area contributed by atoms with E-state index in [1.54, 1.807) is 12.1 Å². The summed E-state index contributed by atoms with van der Waals surface area (Å²) < 4.78 is 0. The number of hydrogen-bond donors (Lipinski definition) is 2. The van der Waals surface area contributed by atoms with Crippen molar-refractivity contribution in [2.45, 2.75) is 11.3 Å². The van der Waals surface area contributed by atoms with E-state index < -0.39 is 4.87 Å². The fraction of sp³-hybridized carbons (Fsp3) is 0.167. The predicted molar refractivity (Wildman–Crippen MR) is 94.3 cm³/mol. The third-order valence-corrected chi connectivity index (χ3v) is 5.66. The summed E-state index contributed by atoms with van der Waals surface area (Å²) in [5.74, 6) is -0.811. The number of hydrazine groups is 1. The van der Waals surface area contributed by atoms with Gasteiger partial charge in [0.1, 0.15) is 0 Å². The summed E-state index contributed by atoms with van der Waals surface area (Å²) in [5.41, 5.74) is 4.84. The lowest BCUT2D eigenvalue weighted by molar-refractivity contribution is -0.146. The van der Waals surface area contributed by atoms with Crippen LogP contribution >= 0.6 is 11.8 Å². The third kappa shape index (κ3) is 2.47. The van der Waals surface area contributed by atoms with Gasteiger partial charge in [0.25, 0.3) is 11.8 Å². The summed E-state index contributed by atoms with van der Waals surface area (Å²) in [4.78, 5) is 36.3. The second-order valence-electron chi connectivity index (χ2n) is 5.86. The number of hydrogen-bond acceptors (Lipinski definition) is 4. The van der Waals surface area contributed by atoms with Crippen LogP contribution in [0.2, 0.25) is 0 Å². The number of fused-ring (bicyclic) bond motifs is 2. The minimum absolute atomic E-state index is 0.132. The van der Waals surface area contributed by atoms with Crippen LogP contribution in [0.5, 0.6) is 0 Å². The van der Waals surface area contributed by atoms with Crippen molar-refractivity contribution in [3.8, 4) is 0 Å². The second kappa shape index (κ2) is 5.93. The van der Waals surface area contributed by atoms with E-state index in [9.17, 15) is 14.4 Å². The maximum absolute atomic E-state index is 12.7. The predicted octanol–water partition coefficient (Wildman–Crippen LogP) is 1.64. The lowest BCUT2D eigenvalue weighted by Crippen LogP contribution is -2.56. The minimum Gasteiger partial charge on any atom is -0.322 e. The number of nitrogens with zero attached hydrogens (tertiary/aromatic N) is 1. The third-order valence-electron chi connectivity index (χ3n) is 4.26. The van der Waals surface area contributed by atoms with Crippen LogP contribution in [-0.2, 0) is 25.7 Å². The molecule has 0 bridgehead atoms. The molecule has 1 saturated heterocycles. The summed E-state index contributed by atoms with van der Waals surface area (Å²) in [5, 5.41) is 3.98. The molecule has 7 heteroatoms. The van der Waals surface area contributed by atoms with E-state index in [2.05, 4.69) is 10.7 Å². The number of benzene rings is 2. The van der Waals surface area contributed by atoms with Gasteiger partial charge in [0.05, 0.1) is 12.2 Å². The zero-order chi connectivity index (χ0) is 17.4. The standard InChI is InChI=1S/C18H15N3O3S/c22-15(10-12-6-2-1-3-7-12)20-21-16(23)11-25-18(21)13-8-4-5-9-14(13)19-17(18)24/h1-9H,10-11H2,(H,19,24)(H,20,22). The van der Waals surface area contributed by atoms with Crippen molar-refractivity contribution in [3.05, 3.63) is 65.7 Å². The molecule has 0 saturated carbocycles. The highest BCUT2D eigenvalue weighted by molar-refractivity contribution is 8.02. The fourth-order valence-corrected chi connectivity index (χ4v) is 4.39. The maximum atomic E-state index is 12.7. The molecule has 4 rings (SSSR count). The summed E-state index contributed by atoms with van der Waals surface area (Å²) in [6, 6.07) is 16.5. The molecule has 2 N–H and O–H groups in total. The Bertz CT molecular complexity index is 871. The van der Waals surface area contributed by atoms with E-state index in [4.69, 9.17) is 0 Å². The zero-order valence-electron chi connectivity index (χ0n) is 13.2. The van der Waals surface area contributed by atoms with E-state index in [0.29, 0.717) is 11.3 Å². The van der Waals surface area contributed by atoms with Crippen LogP contribution in [0.4, 0.5) is 5.69 Å². The molecule has 0 aromatic heterocycles. The Hall–Kier alpha value is -2.80. The average Bonchev–Trinajstić information content (AvgIpc) is 3.09. The van der Waals surface area contributed by atoms with Gasteiger partial charge >= 0.3 is 0 Å². The van der Waals surface area contributed by atoms with Crippen molar-refractivity contribution >= 4 is 35.2 Å². The first-order chi connectivity index (χ1) is 12.1. The monoisotopic (exact) mass is 353 g/mol. The fourth-order valence-electron chi connectivity index (χ4n) is 3.14. The lowest BCUT2D eigenvalue weighted by Gasteiger charge is -2.32. The molecule has 25 heavy (non-hydrogen) atoms. The maximum Gasteiger partial charge on any atom is 0.267 e. The van der Waals surface area contributed by atoms with Gasteiger partial charge in [0, 0.05) is 11.3 Å². The van der Waals surface area contributed by atoms with E-state index in [-0.39, 0.29) is 29.9 Å². The molecular formula is C18H15N3O3S. The number of para-hydroxylation sites is 1. The number of carbonyl (C=O) groups is 3. The first-order valence-corrected chi connectivity index (χ1v) is 8.81. The van der Waals surface area contributed by atoms with Crippen molar-refractivity contribution in [1.82, 2.24) is 10.4 Å². The Labute approximate surface area is 148 Å². The summed E-state index contributed by atoms with van der Waals surface area (Å²) in [7, 11) is 0. The van der Waals surface area contributed by atoms with Gasteiger partial charge in [-0.1, -0.05) is 48.5 Å². The van der Waals surface area contributed by atoms with Crippen LogP contribution in [0.1, 0.15) is 11.1 Å². The lowest BCUT2D eigenvalue weighted by atomic mass is 10.1. The number of thioether (sulfide) groups is 1. The van der Waals surface area contributed by atoms with Crippen LogP contribution in [0.15, 0.2) is 54.6 Å². The van der Waals surface area contributed by atoms with Crippen molar-refractivity contribution in [2.75, 3.05) is 11.1 Å². The van der Waals surface area contributed by atoms with Crippen LogP contribution in [0, 0.1) is 0 Å². The Balaban J connectivity index is 1.63. The van der Waals surface area contributed by atoms with Crippen LogP contribution in [0.25, 0.3) is 0 Å². The first-order valence-electron chi connectivity index (χ1n) is 7.82. The highest BCUT2D eigenvalue weighted by Gasteiger charge is 2.58. The highest BCUT2D eigenvalue weighted by Crippen LogP contribution is 2.51. The molecule has 2 aromatic carbocycles. The number of amides is 3. The molecule has 0 radical (unpaired) electrons. The second-order valence-corrected chi connectivity index (χ2v) is 7.03. The first kappa shape index (κ1) is 15.7. The van der Waals surface area contributed by atoms with E-state index in [1.165, 1.54) is 16.8 Å². The normalized spacial score (nSPS) is 21.4. The Morgan fingerprint density at radius 2 is 1.84 bits per heavy atom. The highest BCUT2D eigenvalue weighted by atomic mass is 32.2. The van der Waals surface area contributed by atoms with Gasteiger partial charge in [-0.2, -0.15) is 0 Å². The van der Waals surface area contributed by atoms with E-state index in [1.807, 2.05) is 42.5 Å². The van der Waals surface area contributed by atoms with Gasteiger partial charge < -0.3 is 5.32 Å². The van der Waals surface area contributed by atoms with Crippen LogP contribution in [-0.4, -0.2) is 28.5 Å². The largest absolute Gasteiger partial charge is 0.322 e. The summed E-state index contributed by atoms with van der Waals surface area (Å²) in [6.45, 7) is 0. The van der Waals surface area contributed by atoms with Gasteiger partial charge in [-0.05, 0) is 11.6 Å². The Morgan fingerprint density at radius 3 is 2.64 bits per heavy atom. The van der Waals surface area contributed by atoms with Gasteiger partial charge in [-0.15, -0.1) is 11.8 Å². The molecular weight excluding hydrogens is 338 g/mol. The van der Waals surface area contributed by atoms with Crippen molar-refractivity contribution < 1.29 is 14.4 Å². The molecule has 0 aliphatic carbocycles. The van der Waals surface area contributed by atoms with E-state index in [0.717, 1.165) is 5.56 Å². The quantitative estimate of drug-likeness (QED) is 0.879. The Morgan fingerprint density at radius 1 is 1.12 bits per heavy atom. The summed E-state index contributed by atoms with van der Waals surface area (Å²) >= 11 is 1.22. The minimum atomic E-state index is -1.24. The van der Waals surface area contributed by atoms with Crippen molar-refractivity contribution in [2.24, 2.45) is 0 Å². The number of anilines is 1. The molecule has 1 unspecified atom stereocenters. The van der Waals surface area contributed by atoms with Gasteiger partial charge in [0.15, 0.2) is 0 Å². The molecule has 6 nitrogen and oxygen atoms in total. The van der Waals surface area contributed by atoms with Crippen molar-refractivity contribution in [3.63, 3.8) is 0 Å². The molecule has 1 spiro atoms. The molecule has 2 heterocycles. The van der Waals surface area contributed by atoms with Crippen LogP contribution < -0.4 is 10.7 Å². The number of nitrogens with one attached hydrogen (secondary N) is 2. The molecule has 2 aromatic rings. The van der Waals surface area contributed by atoms with Gasteiger partial charge in [-0.3, -0.25) is 19.8 Å². The van der Waals surface area contributed by atoms with Crippen molar-refractivity contribution in [1.29, 1.82) is 0 Å². The SMILES string of the molecule is O=C(Cc1ccccc1)NN1C(=O)CSC12C(=O)Nc1ccccc12. The smallest absolute Gasteiger partial charge is 0.267 e. The Kier molecular flexibility index (Phi) is 3.73. The average molecular weight is 353 g/mol. The summed E-state index contributed by atoms with van der Waals surface area (Å²) in [6.07, 6.45) is 0.134.